The molecule has 1 unspecified atom stereocenters. The van der Waals surface area contributed by atoms with Crippen LogP contribution in [-0.4, -0.2) is 40.0 Å². The third kappa shape index (κ3) is 7.12. The molecule has 8 heteroatoms. The Morgan fingerprint density at radius 3 is 2.46 bits per heavy atom. The number of hydrogen-bond acceptors (Lipinski definition) is 5. The SMILES string of the molecule is CCc1nc(-c2ccccc2)c(C)c(-c2ccc(F)cc2)c1/C=C/CO[P+](=O)C[C@@H](O)CC(=O)O. The van der Waals surface area contributed by atoms with E-state index in [0.29, 0.717) is 6.42 Å². The Kier molecular flexibility index (Phi) is 9.38. The fourth-order valence-electron chi connectivity index (χ4n) is 3.84. The van der Waals surface area contributed by atoms with E-state index >= 15 is 0 Å². The van der Waals surface area contributed by atoms with E-state index < -0.39 is 26.5 Å². The van der Waals surface area contributed by atoms with Gasteiger partial charge in [0.1, 0.15) is 18.5 Å². The van der Waals surface area contributed by atoms with Gasteiger partial charge in [-0.2, -0.15) is 0 Å². The molecule has 0 saturated carbocycles. The highest BCUT2D eigenvalue weighted by Crippen LogP contribution is 2.36. The van der Waals surface area contributed by atoms with Crippen LogP contribution in [0, 0.1) is 12.7 Å². The van der Waals surface area contributed by atoms with Crippen molar-refractivity contribution < 1.29 is 28.5 Å². The smallest absolute Gasteiger partial charge is 0.481 e. The van der Waals surface area contributed by atoms with E-state index in [0.717, 1.165) is 39.2 Å². The maximum absolute atomic E-state index is 13.7. The molecule has 1 aromatic heterocycles. The van der Waals surface area contributed by atoms with Gasteiger partial charge in [-0.15, -0.1) is 4.52 Å². The molecule has 2 N–H and O–H groups in total. The predicted octanol–water partition coefficient (Wildman–Crippen LogP) is 6.03. The lowest BCUT2D eigenvalue weighted by atomic mass is 9.90. The summed E-state index contributed by atoms with van der Waals surface area (Å²) in [6.45, 7) is 4.01. The first-order valence-corrected chi connectivity index (χ1v) is 12.6. The van der Waals surface area contributed by atoms with Gasteiger partial charge in [0.15, 0.2) is 0 Å². The Morgan fingerprint density at radius 2 is 1.83 bits per heavy atom. The van der Waals surface area contributed by atoms with Crippen LogP contribution in [0.4, 0.5) is 4.39 Å². The van der Waals surface area contributed by atoms with Crippen LogP contribution >= 0.6 is 8.03 Å². The Morgan fingerprint density at radius 1 is 1.14 bits per heavy atom. The Bertz CT molecular complexity index is 1210. The number of halogens is 1. The summed E-state index contributed by atoms with van der Waals surface area (Å²) in [6.07, 6.45) is 2.26. The zero-order valence-electron chi connectivity index (χ0n) is 19.6. The van der Waals surface area contributed by atoms with E-state index in [1.54, 1.807) is 18.2 Å². The summed E-state index contributed by atoms with van der Waals surface area (Å²) in [5, 5.41) is 18.3. The van der Waals surface area contributed by atoms with Gasteiger partial charge in [-0.1, -0.05) is 61.5 Å². The molecule has 0 saturated heterocycles. The minimum atomic E-state index is -2.21. The van der Waals surface area contributed by atoms with Crippen molar-refractivity contribution >= 4 is 20.1 Å². The number of carboxylic acid groups (broad SMARTS) is 1. The second kappa shape index (κ2) is 12.5. The van der Waals surface area contributed by atoms with Crippen molar-refractivity contribution in [1.82, 2.24) is 4.98 Å². The second-order valence-electron chi connectivity index (χ2n) is 8.01. The van der Waals surface area contributed by atoms with Crippen molar-refractivity contribution in [3.8, 4) is 22.4 Å². The van der Waals surface area contributed by atoms with Gasteiger partial charge in [-0.3, -0.25) is 9.78 Å². The fraction of sp³-hybridized carbons (Fsp3) is 0.259. The number of rotatable bonds is 11. The van der Waals surface area contributed by atoms with Gasteiger partial charge in [0.2, 0.25) is 6.16 Å². The zero-order chi connectivity index (χ0) is 25.4. The molecule has 0 fully saturated rings. The monoisotopic (exact) mass is 496 g/mol. The van der Waals surface area contributed by atoms with Crippen molar-refractivity contribution in [3.63, 3.8) is 0 Å². The van der Waals surface area contributed by atoms with Crippen LogP contribution < -0.4 is 0 Å². The molecule has 3 rings (SSSR count). The summed E-state index contributed by atoms with van der Waals surface area (Å²) in [6, 6.07) is 16.2. The first kappa shape index (κ1) is 26.4. The summed E-state index contributed by atoms with van der Waals surface area (Å²) in [4.78, 5) is 15.6. The molecule has 2 aromatic carbocycles. The average molecular weight is 496 g/mol. The average Bonchev–Trinajstić information content (AvgIpc) is 2.82. The van der Waals surface area contributed by atoms with Crippen LogP contribution in [0.15, 0.2) is 60.7 Å². The largest absolute Gasteiger partial charge is 0.511 e. The molecule has 0 radical (unpaired) electrons. The molecular formula is C27H28FNO5P+. The number of carbonyl (C=O) groups is 1. The number of hydrogen-bond donors (Lipinski definition) is 2. The third-order valence-electron chi connectivity index (χ3n) is 5.44. The van der Waals surface area contributed by atoms with Crippen molar-refractivity contribution in [2.24, 2.45) is 0 Å². The molecule has 182 valence electrons. The Hall–Kier alpha value is -3.25. The Balaban J connectivity index is 1.94. The second-order valence-corrected chi connectivity index (χ2v) is 9.30. The number of aliphatic hydroxyl groups is 1. The first-order chi connectivity index (χ1) is 16.8. The van der Waals surface area contributed by atoms with E-state index in [4.69, 9.17) is 14.6 Å². The molecule has 0 amide bonds. The molecule has 2 atom stereocenters. The summed E-state index contributed by atoms with van der Waals surface area (Å²) in [5.41, 5.74) is 6.27. The number of carboxylic acids is 1. The predicted molar refractivity (Wildman–Crippen MR) is 135 cm³/mol. The van der Waals surface area contributed by atoms with Crippen LogP contribution in [-0.2, 0) is 20.3 Å². The van der Waals surface area contributed by atoms with Crippen molar-refractivity contribution in [2.75, 3.05) is 12.8 Å². The molecule has 1 heterocycles. The van der Waals surface area contributed by atoms with E-state index in [-0.39, 0.29) is 18.6 Å². The van der Waals surface area contributed by atoms with Crippen LogP contribution in [0.5, 0.6) is 0 Å². The van der Waals surface area contributed by atoms with Crippen molar-refractivity contribution in [3.05, 3.63) is 83.3 Å². The first-order valence-electron chi connectivity index (χ1n) is 11.3. The molecule has 35 heavy (non-hydrogen) atoms. The van der Waals surface area contributed by atoms with Crippen molar-refractivity contribution in [2.45, 2.75) is 32.8 Å². The minimum absolute atomic E-state index is 0.0144. The van der Waals surface area contributed by atoms with Crippen molar-refractivity contribution in [1.29, 1.82) is 0 Å². The van der Waals surface area contributed by atoms with Crippen LogP contribution in [0.3, 0.4) is 0 Å². The van der Waals surface area contributed by atoms with E-state index in [1.165, 1.54) is 12.1 Å². The molecule has 0 bridgehead atoms. The van der Waals surface area contributed by atoms with E-state index in [9.17, 15) is 18.9 Å². The third-order valence-corrected chi connectivity index (χ3v) is 6.60. The van der Waals surface area contributed by atoms with Gasteiger partial charge >= 0.3 is 14.0 Å². The number of aromatic nitrogens is 1. The maximum Gasteiger partial charge on any atom is 0.511 e. The summed E-state index contributed by atoms with van der Waals surface area (Å²) >= 11 is 0. The molecule has 6 nitrogen and oxygen atoms in total. The molecule has 3 aromatic rings. The Labute approximate surface area is 205 Å². The molecule has 0 spiro atoms. The highest BCUT2D eigenvalue weighted by molar-refractivity contribution is 7.39. The van der Waals surface area contributed by atoms with Gasteiger partial charge in [-0.25, -0.2) is 4.39 Å². The lowest BCUT2D eigenvalue weighted by Crippen LogP contribution is -2.15. The number of benzene rings is 2. The lowest BCUT2D eigenvalue weighted by Gasteiger charge is -2.18. The van der Waals surface area contributed by atoms with Gasteiger partial charge in [0, 0.05) is 16.8 Å². The highest BCUT2D eigenvalue weighted by atomic mass is 31.1. The number of aliphatic hydroxyl groups excluding tert-OH is 1. The minimum Gasteiger partial charge on any atom is -0.481 e. The lowest BCUT2D eigenvalue weighted by molar-refractivity contribution is -0.138. The maximum atomic E-state index is 13.7. The quantitative estimate of drug-likeness (QED) is 0.315. The van der Waals surface area contributed by atoms with Gasteiger partial charge in [-0.05, 0) is 46.7 Å². The normalized spacial score (nSPS) is 12.6. The van der Waals surface area contributed by atoms with Gasteiger partial charge in [0.25, 0.3) is 0 Å². The standard InChI is InChI=1S/C27H27FNO5P/c1-3-24-23(10-7-15-34-35(33)17-22(30)16-25(31)32)26(19-11-13-21(28)14-12-19)18(2)27(29-24)20-8-5-4-6-9-20/h4-14,22,30H,3,15-17H2,1-2H3/p+1/b10-7+/t22-/m0/s1. The summed E-state index contributed by atoms with van der Waals surface area (Å²) in [5.74, 6) is -1.48. The van der Waals surface area contributed by atoms with E-state index in [1.807, 2.05) is 50.3 Å². The summed E-state index contributed by atoms with van der Waals surface area (Å²) < 4.78 is 31.0. The van der Waals surface area contributed by atoms with Crippen LogP contribution in [0.25, 0.3) is 28.5 Å². The molecule has 0 aliphatic rings. The van der Waals surface area contributed by atoms with Gasteiger partial charge in [0.05, 0.1) is 12.1 Å². The zero-order valence-corrected chi connectivity index (χ0v) is 20.5. The topological polar surface area (TPSA) is 96.7 Å². The van der Waals surface area contributed by atoms with Gasteiger partial charge < -0.3 is 10.2 Å². The number of pyridine rings is 1. The van der Waals surface area contributed by atoms with E-state index in [2.05, 4.69) is 0 Å². The highest BCUT2D eigenvalue weighted by Gasteiger charge is 2.25. The molecule has 0 aliphatic carbocycles. The van der Waals surface area contributed by atoms with Crippen LogP contribution in [0.1, 0.15) is 30.2 Å². The number of aliphatic carboxylic acids is 1. The summed E-state index contributed by atoms with van der Waals surface area (Å²) in [7, 11) is -2.21. The fourth-order valence-corrected chi connectivity index (χ4v) is 4.67. The number of aryl methyl sites for hydroxylation is 1. The number of nitrogens with zero attached hydrogens (tertiary/aromatic N) is 1. The molecule has 0 aliphatic heterocycles. The van der Waals surface area contributed by atoms with Crippen LogP contribution in [0.2, 0.25) is 0 Å². The molecular weight excluding hydrogens is 468 g/mol.